The van der Waals surface area contributed by atoms with E-state index >= 15 is 0 Å². The number of urea groups is 1. The van der Waals surface area contributed by atoms with E-state index in [-0.39, 0.29) is 4.90 Å². The number of carbonyl (C=O) groups is 3. The summed E-state index contributed by atoms with van der Waals surface area (Å²) >= 11 is 5.70. The van der Waals surface area contributed by atoms with E-state index in [0.717, 1.165) is 0 Å². The van der Waals surface area contributed by atoms with Gasteiger partial charge in [-0.3, -0.25) is 14.9 Å². The Bertz CT molecular complexity index is 766. The molecule has 1 aromatic carbocycles. The smallest absolute Gasteiger partial charge is 0.324 e. The molecular formula is C15H20ClN3O6S. The first-order valence-electron chi connectivity index (χ1n) is 7.64. The van der Waals surface area contributed by atoms with Gasteiger partial charge in [-0.2, -0.15) is 4.72 Å². The van der Waals surface area contributed by atoms with E-state index in [4.69, 9.17) is 16.3 Å². The second-order valence-corrected chi connectivity index (χ2v) is 7.38. The summed E-state index contributed by atoms with van der Waals surface area (Å²) in [6, 6.07) is 3.38. The van der Waals surface area contributed by atoms with Crippen molar-refractivity contribution in [3.63, 3.8) is 0 Å². The van der Waals surface area contributed by atoms with E-state index in [1.54, 1.807) is 6.92 Å². The molecule has 2 atom stereocenters. The van der Waals surface area contributed by atoms with Crippen LogP contribution in [0.4, 0.5) is 4.79 Å². The maximum atomic E-state index is 12.2. The minimum absolute atomic E-state index is 0.0800. The number of halogens is 1. The van der Waals surface area contributed by atoms with E-state index in [2.05, 4.69) is 10.0 Å². The third-order valence-electron chi connectivity index (χ3n) is 3.05. The van der Waals surface area contributed by atoms with Crippen molar-refractivity contribution in [1.29, 1.82) is 0 Å². The molecule has 0 saturated heterocycles. The molecule has 0 bridgehead atoms. The van der Waals surface area contributed by atoms with Crippen molar-refractivity contribution in [1.82, 2.24) is 15.4 Å². The van der Waals surface area contributed by atoms with E-state index in [0.29, 0.717) is 11.6 Å². The summed E-state index contributed by atoms with van der Waals surface area (Å²) in [4.78, 5) is 34.9. The van der Waals surface area contributed by atoms with Gasteiger partial charge in [0.05, 0.1) is 4.90 Å². The lowest BCUT2D eigenvalue weighted by Crippen LogP contribution is -2.46. The molecule has 1 rings (SSSR count). The van der Waals surface area contributed by atoms with Crippen molar-refractivity contribution in [2.75, 3.05) is 6.54 Å². The number of rotatable bonds is 7. The van der Waals surface area contributed by atoms with E-state index in [1.165, 1.54) is 38.1 Å². The Labute approximate surface area is 156 Å². The number of nitrogens with one attached hydrogen (secondary N) is 3. The number of esters is 1. The maximum absolute atomic E-state index is 12.2. The van der Waals surface area contributed by atoms with Gasteiger partial charge in [0.2, 0.25) is 10.0 Å². The van der Waals surface area contributed by atoms with E-state index in [9.17, 15) is 22.8 Å². The van der Waals surface area contributed by atoms with Gasteiger partial charge in [-0.05, 0) is 45.0 Å². The van der Waals surface area contributed by atoms with Crippen LogP contribution in [0.3, 0.4) is 0 Å². The average Bonchev–Trinajstić information content (AvgIpc) is 2.54. The number of benzene rings is 1. The number of ether oxygens (including phenoxy) is 1. The third kappa shape index (κ3) is 6.62. The average molecular weight is 406 g/mol. The van der Waals surface area contributed by atoms with Crippen molar-refractivity contribution in [2.45, 2.75) is 37.8 Å². The van der Waals surface area contributed by atoms with Gasteiger partial charge in [-0.25, -0.2) is 13.2 Å². The molecule has 3 amide bonds. The van der Waals surface area contributed by atoms with Gasteiger partial charge >= 0.3 is 12.0 Å². The van der Waals surface area contributed by atoms with Crippen molar-refractivity contribution in [2.24, 2.45) is 0 Å². The zero-order valence-corrected chi connectivity index (χ0v) is 16.0. The summed E-state index contributed by atoms with van der Waals surface area (Å²) in [6.07, 6.45) is -1.28. The molecule has 0 aliphatic carbocycles. The van der Waals surface area contributed by atoms with Crippen LogP contribution in [0.1, 0.15) is 20.8 Å². The third-order valence-corrected chi connectivity index (χ3v) is 4.85. The Morgan fingerprint density at radius 1 is 1.15 bits per heavy atom. The summed E-state index contributed by atoms with van der Waals surface area (Å²) in [6.45, 7) is 4.51. The quantitative estimate of drug-likeness (QED) is 0.574. The number of sulfonamides is 1. The molecule has 0 unspecified atom stereocenters. The highest BCUT2D eigenvalue weighted by Crippen LogP contribution is 2.14. The molecule has 0 spiro atoms. The van der Waals surface area contributed by atoms with Crippen LogP contribution in [0.5, 0.6) is 0 Å². The summed E-state index contributed by atoms with van der Waals surface area (Å²) in [7, 11) is -3.98. The topological polar surface area (TPSA) is 131 Å². The monoisotopic (exact) mass is 405 g/mol. The molecule has 144 valence electrons. The Kier molecular flexibility index (Phi) is 8.00. The molecule has 0 fully saturated rings. The molecule has 0 aliphatic heterocycles. The molecule has 0 radical (unpaired) electrons. The molecule has 0 heterocycles. The predicted octanol–water partition coefficient (Wildman–Crippen LogP) is 0.784. The van der Waals surface area contributed by atoms with Crippen molar-refractivity contribution in [3.05, 3.63) is 29.3 Å². The van der Waals surface area contributed by atoms with Crippen LogP contribution in [0, 0.1) is 0 Å². The molecule has 9 nitrogen and oxygen atoms in total. The Hall–Kier alpha value is -2.17. The standard InChI is InChI=1S/C15H20ClN3O6S/c1-4-17-15(22)18-13(20)10(3)25-14(21)9(2)19-26(23,24)12-7-5-11(16)6-8-12/h5-10,19H,4H2,1-3H3,(H2,17,18,20,22)/t9-,10-/m0/s1. The summed E-state index contributed by atoms with van der Waals surface area (Å²) in [5, 5.41) is 4.70. The first-order valence-corrected chi connectivity index (χ1v) is 9.50. The Morgan fingerprint density at radius 3 is 2.27 bits per heavy atom. The van der Waals surface area contributed by atoms with Gasteiger partial charge in [0.25, 0.3) is 5.91 Å². The van der Waals surface area contributed by atoms with Gasteiger partial charge in [-0.1, -0.05) is 11.6 Å². The van der Waals surface area contributed by atoms with Gasteiger partial charge in [-0.15, -0.1) is 0 Å². The highest BCUT2D eigenvalue weighted by atomic mass is 35.5. The number of hydrogen-bond acceptors (Lipinski definition) is 6. The van der Waals surface area contributed by atoms with Gasteiger partial charge in [0, 0.05) is 11.6 Å². The predicted molar refractivity (Wildman–Crippen MR) is 94.0 cm³/mol. The van der Waals surface area contributed by atoms with Crippen LogP contribution in [0.25, 0.3) is 0 Å². The fourth-order valence-corrected chi connectivity index (χ4v) is 3.03. The highest BCUT2D eigenvalue weighted by Gasteiger charge is 2.26. The fraction of sp³-hybridized carbons (Fsp3) is 0.400. The molecular weight excluding hydrogens is 386 g/mol. The second kappa shape index (κ2) is 9.51. The normalized spacial score (nSPS) is 13.4. The van der Waals surface area contributed by atoms with Crippen molar-refractivity contribution in [3.8, 4) is 0 Å². The molecule has 26 heavy (non-hydrogen) atoms. The second-order valence-electron chi connectivity index (χ2n) is 5.22. The van der Waals surface area contributed by atoms with Crippen LogP contribution in [0.2, 0.25) is 5.02 Å². The van der Waals surface area contributed by atoms with Crippen molar-refractivity contribution >= 4 is 39.5 Å². The number of imide groups is 1. The number of carbonyl (C=O) groups excluding carboxylic acids is 3. The summed E-state index contributed by atoms with van der Waals surface area (Å²) < 4.78 is 31.4. The largest absolute Gasteiger partial charge is 0.451 e. The molecule has 0 aromatic heterocycles. The van der Waals surface area contributed by atoms with Crippen LogP contribution in [-0.4, -0.2) is 45.0 Å². The van der Waals surface area contributed by atoms with Crippen LogP contribution in [0.15, 0.2) is 29.2 Å². The summed E-state index contributed by atoms with van der Waals surface area (Å²) in [5.41, 5.74) is 0. The summed E-state index contributed by atoms with van der Waals surface area (Å²) in [5.74, 6) is -1.81. The lowest BCUT2D eigenvalue weighted by Gasteiger charge is -2.17. The van der Waals surface area contributed by atoms with Crippen LogP contribution < -0.4 is 15.4 Å². The lowest BCUT2D eigenvalue weighted by atomic mass is 10.3. The molecule has 0 aliphatic rings. The molecule has 0 saturated carbocycles. The van der Waals surface area contributed by atoms with Gasteiger partial charge in [0.15, 0.2) is 6.10 Å². The number of hydrogen-bond donors (Lipinski definition) is 3. The van der Waals surface area contributed by atoms with Crippen LogP contribution >= 0.6 is 11.6 Å². The Morgan fingerprint density at radius 2 is 1.73 bits per heavy atom. The number of amides is 3. The zero-order chi connectivity index (χ0) is 19.9. The molecule has 3 N–H and O–H groups in total. The molecule has 1 aromatic rings. The highest BCUT2D eigenvalue weighted by molar-refractivity contribution is 7.89. The first-order chi connectivity index (χ1) is 12.1. The molecule has 11 heteroatoms. The SMILES string of the molecule is CCNC(=O)NC(=O)[C@H](C)OC(=O)[C@H](C)NS(=O)(=O)c1ccc(Cl)cc1. The van der Waals surface area contributed by atoms with E-state index in [1.807, 2.05) is 5.32 Å². The van der Waals surface area contributed by atoms with Gasteiger partial charge in [0.1, 0.15) is 6.04 Å². The lowest BCUT2D eigenvalue weighted by molar-refractivity contribution is -0.155. The fourth-order valence-electron chi connectivity index (χ4n) is 1.71. The van der Waals surface area contributed by atoms with Gasteiger partial charge < -0.3 is 10.1 Å². The van der Waals surface area contributed by atoms with E-state index < -0.39 is 40.1 Å². The first kappa shape index (κ1) is 21.9. The van der Waals surface area contributed by atoms with Crippen molar-refractivity contribution < 1.29 is 27.5 Å². The van der Waals surface area contributed by atoms with Crippen LogP contribution in [-0.2, 0) is 24.3 Å². The Balaban J connectivity index is 2.65. The maximum Gasteiger partial charge on any atom is 0.324 e. The minimum Gasteiger partial charge on any atom is -0.451 e. The zero-order valence-electron chi connectivity index (χ0n) is 14.4. The minimum atomic E-state index is -3.98.